The van der Waals surface area contributed by atoms with Gasteiger partial charge in [0.05, 0.1) is 33.4 Å². The topological polar surface area (TPSA) is 110 Å². The summed E-state index contributed by atoms with van der Waals surface area (Å²) in [5.74, 6) is -0.448. The Morgan fingerprint density at radius 3 is 2.76 bits per heavy atom. The third-order valence-corrected chi connectivity index (χ3v) is 4.27. The molecule has 0 aliphatic heterocycles. The van der Waals surface area contributed by atoms with Crippen LogP contribution in [-0.4, -0.2) is 39.3 Å². The number of hydrogen-bond donors (Lipinski definition) is 3. The molecule has 0 bridgehead atoms. The van der Waals surface area contributed by atoms with Crippen molar-refractivity contribution >= 4 is 40.0 Å². The van der Waals surface area contributed by atoms with Crippen LogP contribution in [0.3, 0.4) is 0 Å². The highest BCUT2D eigenvalue weighted by Crippen LogP contribution is 2.24. The molecule has 9 heteroatoms. The van der Waals surface area contributed by atoms with Gasteiger partial charge < -0.3 is 16.2 Å². The van der Waals surface area contributed by atoms with Gasteiger partial charge in [-0.05, 0) is 19.1 Å². The smallest absolute Gasteiger partial charge is 0.261 e. The van der Waals surface area contributed by atoms with Gasteiger partial charge in [-0.15, -0.1) is 0 Å². The highest BCUT2D eigenvalue weighted by atomic mass is 35.5. The normalized spacial score (nSPS) is 14.0. The van der Waals surface area contributed by atoms with E-state index in [0.717, 1.165) is 0 Å². The summed E-state index contributed by atoms with van der Waals surface area (Å²) in [7, 11) is 0. The first-order valence-corrected chi connectivity index (χ1v) is 8.27. The van der Waals surface area contributed by atoms with Crippen LogP contribution in [0.25, 0.3) is 10.9 Å². The molecule has 2 rings (SSSR count). The lowest BCUT2D eigenvalue weighted by molar-refractivity contribution is -0.124. The van der Waals surface area contributed by atoms with Crippen molar-refractivity contribution < 1.29 is 9.90 Å². The Bertz CT molecular complexity index is 864. The Hall–Kier alpha value is -1.93. The zero-order chi connectivity index (χ0) is 18.6. The van der Waals surface area contributed by atoms with Crippen molar-refractivity contribution in [2.75, 3.05) is 6.54 Å². The van der Waals surface area contributed by atoms with Gasteiger partial charge in [-0.1, -0.05) is 35.4 Å². The van der Waals surface area contributed by atoms with Crippen LogP contribution in [0.5, 0.6) is 0 Å². The van der Waals surface area contributed by atoms with Crippen LogP contribution >= 0.6 is 23.2 Å². The second kappa shape index (κ2) is 8.44. The van der Waals surface area contributed by atoms with Gasteiger partial charge in [0.15, 0.2) is 0 Å². The number of halogens is 2. The number of nitrogens with two attached hydrogens (primary N) is 1. The van der Waals surface area contributed by atoms with Crippen molar-refractivity contribution in [2.24, 2.45) is 5.73 Å². The van der Waals surface area contributed by atoms with E-state index in [-0.39, 0.29) is 18.6 Å². The van der Waals surface area contributed by atoms with E-state index in [1.807, 2.05) is 0 Å². The SMILES string of the molecule is C[C@@H](O)[C@H](N)C(=O)NC/C=C/Cn1cnc2cc(Cl)c(Cl)cc2c1=O. The highest BCUT2D eigenvalue weighted by molar-refractivity contribution is 6.42. The first-order valence-electron chi connectivity index (χ1n) is 7.52. The first kappa shape index (κ1) is 19.4. The number of aliphatic hydroxyl groups excluding tert-OH is 1. The van der Waals surface area contributed by atoms with Crippen molar-refractivity contribution in [1.82, 2.24) is 14.9 Å². The molecule has 7 nitrogen and oxygen atoms in total. The molecular formula is C16H18Cl2N4O3. The minimum Gasteiger partial charge on any atom is -0.391 e. The van der Waals surface area contributed by atoms with E-state index in [4.69, 9.17) is 28.9 Å². The summed E-state index contributed by atoms with van der Waals surface area (Å²) < 4.78 is 1.41. The number of rotatable bonds is 6. The molecule has 0 aliphatic carbocycles. The van der Waals surface area contributed by atoms with Crippen LogP contribution in [0.4, 0.5) is 0 Å². The third kappa shape index (κ3) is 4.79. The van der Waals surface area contributed by atoms with Crippen LogP contribution in [0.1, 0.15) is 6.92 Å². The molecule has 1 aromatic heterocycles. The highest BCUT2D eigenvalue weighted by Gasteiger charge is 2.17. The predicted octanol–water partition coefficient (Wildman–Crippen LogP) is 1.08. The molecule has 2 atom stereocenters. The molecule has 0 radical (unpaired) electrons. The van der Waals surface area contributed by atoms with Crippen molar-refractivity contribution in [3.8, 4) is 0 Å². The standard InChI is InChI=1S/C16H18Cl2N4O3/c1-9(23)14(19)15(24)20-4-2-3-5-22-8-21-13-7-12(18)11(17)6-10(13)16(22)25/h2-3,6-9,14,23H,4-5,19H2,1H3,(H,20,24)/b3-2+/t9-,14+/m1/s1. The maximum Gasteiger partial charge on any atom is 0.261 e. The van der Waals surface area contributed by atoms with E-state index < -0.39 is 18.1 Å². The Morgan fingerprint density at radius 2 is 2.08 bits per heavy atom. The average Bonchev–Trinajstić information content (AvgIpc) is 2.57. The van der Waals surface area contributed by atoms with Gasteiger partial charge in [0.1, 0.15) is 6.04 Å². The number of allylic oxidation sites excluding steroid dienone is 1. The number of carbonyl (C=O) groups excluding carboxylic acids is 1. The lowest BCUT2D eigenvalue weighted by Gasteiger charge is -2.13. The molecule has 0 saturated heterocycles. The maximum atomic E-state index is 12.4. The molecule has 134 valence electrons. The minimum atomic E-state index is -0.975. The summed E-state index contributed by atoms with van der Waals surface area (Å²) in [6, 6.07) is 2.06. The lowest BCUT2D eigenvalue weighted by atomic mass is 10.2. The van der Waals surface area contributed by atoms with Crippen LogP contribution in [0.15, 0.2) is 35.4 Å². The van der Waals surface area contributed by atoms with E-state index >= 15 is 0 Å². The van der Waals surface area contributed by atoms with E-state index in [9.17, 15) is 14.7 Å². The molecule has 0 spiro atoms. The molecule has 0 fully saturated rings. The number of nitrogens with one attached hydrogen (secondary N) is 1. The number of amides is 1. The van der Waals surface area contributed by atoms with E-state index in [1.165, 1.54) is 23.9 Å². The fraction of sp³-hybridized carbons (Fsp3) is 0.312. The second-order valence-corrected chi connectivity index (χ2v) is 6.28. The fourth-order valence-electron chi connectivity index (χ4n) is 2.05. The Morgan fingerprint density at radius 1 is 1.40 bits per heavy atom. The molecule has 0 aliphatic rings. The monoisotopic (exact) mass is 384 g/mol. The van der Waals surface area contributed by atoms with Crippen molar-refractivity contribution in [1.29, 1.82) is 0 Å². The molecular weight excluding hydrogens is 367 g/mol. The minimum absolute atomic E-state index is 0.233. The molecule has 0 unspecified atom stereocenters. The number of carbonyl (C=O) groups is 1. The number of nitrogens with zero attached hydrogens (tertiary/aromatic N) is 2. The maximum absolute atomic E-state index is 12.4. The van der Waals surface area contributed by atoms with Gasteiger partial charge in [-0.2, -0.15) is 0 Å². The molecule has 2 aromatic rings. The van der Waals surface area contributed by atoms with Crippen LogP contribution in [0.2, 0.25) is 10.0 Å². The molecule has 0 saturated carbocycles. The summed E-state index contributed by atoms with van der Waals surface area (Å²) in [5.41, 5.74) is 5.73. The van der Waals surface area contributed by atoms with Crippen molar-refractivity contribution in [2.45, 2.75) is 25.6 Å². The largest absolute Gasteiger partial charge is 0.391 e. The summed E-state index contributed by atoms with van der Waals surface area (Å²) in [6.07, 6.45) is 3.88. The van der Waals surface area contributed by atoms with Gasteiger partial charge >= 0.3 is 0 Å². The lowest BCUT2D eigenvalue weighted by Crippen LogP contribution is -2.47. The quantitative estimate of drug-likeness (QED) is 0.645. The number of benzene rings is 1. The fourth-order valence-corrected chi connectivity index (χ4v) is 2.37. The summed E-state index contributed by atoms with van der Waals surface area (Å²) in [6.45, 7) is 1.95. The number of aliphatic hydroxyl groups is 1. The second-order valence-electron chi connectivity index (χ2n) is 5.47. The van der Waals surface area contributed by atoms with Crippen molar-refractivity contribution in [3.05, 3.63) is 51.0 Å². The Kier molecular flexibility index (Phi) is 6.55. The van der Waals surface area contributed by atoms with Crippen LogP contribution in [0, 0.1) is 0 Å². The zero-order valence-electron chi connectivity index (χ0n) is 13.4. The van der Waals surface area contributed by atoms with Crippen LogP contribution in [-0.2, 0) is 11.3 Å². The van der Waals surface area contributed by atoms with Gasteiger partial charge in [0, 0.05) is 13.1 Å². The van der Waals surface area contributed by atoms with Gasteiger partial charge in [0.25, 0.3) is 5.56 Å². The van der Waals surface area contributed by atoms with E-state index in [2.05, 4.69) is 10.3 Å². The molecule has 4 N–H and O–H groups in total. The van der Waals surface area contributed by atoms with Gasteiger partial charge in [-0.3, -0.25) is 14.2 Å². The average molecular weight is 385 g/mol. The number of aromatic nitrogens is 2. The molecule has 1 heterocycles. The summed E-state index contributed by atoms with van der Waals surface area (Å²) >= 11 is 11.9. The molecule has 1 aromatic carbocycles. The van der Waals surface area contributed by atoms with Gasteiger partial charge in [0.2, 0.25) is 5.91 Å². The Balaban J connectivity index is 2.02. The van der Waals surface area contributed by atoms with Crippen molar-refractivity contribution in [3.63, 3.8) is 0 Å². The van der Waals surface area contributed by atoms with Gasteiger partial charge in [-0.25, -0.2) is 4.98 Å². The van der Waals surface area contributed by atoms with E-state index in [0.29, 0.717) is 20.9 Å². The molecule has 25 heavy (non-hydrogen) atoms. The summed E-state index contributed by atoms with van der Waals surface area (Å²) in [4.78, 5) is 28.1. The van der Waals surface area contributed by atoms with Crippen LogP contribution < -0.4 is 16.6 Å². The predicted molar refractivity (Wildman–Crippen MR) is 97.8 cm³/mol. The first-order chi connectivity index (χ1) is 11.8. The number of hydrogen-bond acceptors (Lipinski definition) is 5. The number of fused-ring (bicyclic) bond motifs is 1. The Labute approximate surface area is 154 Å². The van der Waals surface area contributed by atoms with E-state index in [1.54, 1.807) is 18.2 Å². The zero-order valence-corrected chi connectivity index (χ0v) is 15.0. The summed E-state index contributed by atoms with van der Waals surface area (Å²) in [5, 5.41) is 12.8. The third-order valence-electron chi connectivity index (χ3n) is 3.55. The molecule has 1 amide bonds.